The lowest BCUT2D eigenvalue weighted by molar-refractivity contribution is 0.0692. The van der Waals surface area contributed by atoms with E-state index in [1.54, 1.807) is 18.2 Å². The average molecular weight is 351 g/mol. The number of carboxylic acids is 1. The predicted octanol–water partition coefficient (Wildman–Crippen LogP) is 3.06. The van der Waals surface area contributed by atoms with Gasteiger partial charge in [0.05, 0.1) is 9.92 Å². The number of aromatic carboxylic acids is 1. The fraction of sp³-hybridized carbons (Fsp3) is 0.0667. The lowest BCUT2D eigenvalue weighted by atomic mass is 10.2. The van der Waals surface area contributed by atoms with Crippen molar-refractivity contribution in [2.45, 2.75) is 16.8 Å². The molecule has 2 heterocycles. The number of hydrogen-bond acceptors (Lipinski definition) is 4. The van der Waals surface area contributed by atoms with Crippen LogP contribution in [0.3, 0.4) is 0 Å². The molecule has 0 atom stereocenters. The van der Waals surface area contributed by atoms with E-state index in [4.69, 9.17) is 11.6 Å². The van der Waals surface area contributed by atoms with Crippen LogP contribution >= 0.6 is 11.6 Å². The minimum absolute atomic E-state index is 0.0416. The first kappa shape index (κ1) is 15.5. The molecule has 0 aliphatic heterocycles. The van der Waals surface area contributed by atoms with Gasteiger partial charge in [0.1, 0.15) is 11.2 Å². The molecule has 0 amide bonds. The zero-order valence-corrected chi connectivity index (χ0v) is 13.4. The zero-order chi connectivity index (χ0) is 16.8. The maximum absolute atomic E-state index is 12.8. The van der Waals surface area contributed by atoms with E-state index in [-0.39, 0.29) is 15.6 Å². The predicted molar refractivity (Wildman–Crippen MR) is 84.7 cm³/mol. The number of hydrogen-bond donors (Lipinski definition) is 2. The second-order valence-electron chi connectivity index (χ2n) is 4.97. The van der Waals surface area contributed by atoms with E-state index in [9.17, 15) is 18.3 Å². The zero-order valence-electron chi connectivity index (χ0n) is 11.9. The maximum Gasteiger partial charge on any atom is 0.340 e. The Bertz CT molecular complexity index is 1020. The molecule has 23 heavy (non-hydrogen) atoms. The number of aromatic amines is 1. The summed E-state index contributed by atoms with van der Waals surface area (Å²) in [6.07, 6.45) is 1.51. The Morgan fingerprint density at radius 2 is 1.87 bits per heavy atom. The maximum atomic E-state index is 12.8. The Morgan fingerprint density at radius 3 is 2.48 bits per heavy atom. The molecule has 8 heteroatoms. The lowest BCUT2D eigenvalue weighted by Gasteiger charge is -2.09. The number of halogens is 1. The molecular formula is C15H11ClN2O4S. The third-order valence-electron chi connectivity index (χ3n) is 3.41. The monoisotopic (exact) mass is 350 g/mol. The standard InChI is InChI=1S/C15H11ClN2O4S/c1-8-2-4-9(5-3-8)23(21,22)14-11(15(19)20)12(16)10-6-7-17-13(10)18-14/h2-7H,1H3,(H,17,18)(H,19,20). The van der Waals surface area contributed by atoms with Crippen LogP contribution in [0.2, 0.25) is 5.02 Å². The van der Waals surface area contributed by atoms with Gasteiger partial charge in [-0.05, 0) is 25.1 Å². The van der Waals surface area contributed by atoms with E-state index in [1.807, 2.05) is 6.92 Å². The van der Waals surface area contributed by atoms with Gasteiger partial charge in [0.2, 0.25) is 9.84 Å². The van der Waals surface area contributed by atoms with Crippen LogP contribution in [-0.4, -0.2) is 29.5 Å². The SMILES string of the molecule is Cc1ccc(S(=O)(=O)c2nc3[nH]ccc3c(Cl)c2C(=O)O)cc1. The molecule has 0 fully saturated rings. The lowest BCUT2D eigenvalue weighted by Crippen LogP contribution is -2.13. The van der Waals surface area contributed by atoms with Gasteiger partial charge in [-0.2, -0.15) is 0 Å². The van der Waals surface area contributed by atoms with Gasteiger partial charge in [-0.25, -0.2) is 18.2 Å². The molecule has 118 valence electrons. The van der Waals surface area contributed by atoms with E-state index in [2.05, 4.69) is 9.97 Å². The fourth-order valence-corrected chi connectivity index (χ4v) is 3.99. The van der Waals surface area contributed by atoms with E-state index in [0.717, 1.165) is 5.56 Å². The molecule has 2 aromatic heterocycles. The Labute approximate surface area is 136 Å². The Hall–Kier alpha value is -2.38. The number of pyridine rings is 1. The molecule has 0 radical (unpaired) electrons. The van der Waals surface area contributed by atoms with E-state index in [0.29, 0.717) is 5.39 Å². The first-order chi connectivity index (χ1) is 10.8. The first-order valence-corrected chi connectivity index (χ1v) is 8.40. The number of carboxylic acid groups (broad SMARTS) is 1. The van der Waals surface area contributed by atoms with Crippen LogP contribution in [-0.2, 0) is 9.84 Å². The van der Waals surface area contributed by atoms with Crippen LogP contribution in [0.5, 0.6) is 0 Å². The van der Waals surface area contributed by atoms with Crippen LogP contribution in [0, 0.1) is 6.92 Å². The molecule has 0 saturated carbocycles. The van der Waals surface area contributed by atoms with Crippen molar-refractivity contribution in [3.8, 4) is 0 Å². The van der Waals surface area contributed by atoms with E-state index < -0.39 is 26.4 Å². The second-order valence-corrected chi connectivity index (χ2v) is 7.21. The van der Waals surface area contributed by atoms with Crippen LogP contribution in [0.15, 0.2) is 46.5 Å². The second kappa shape index (κ2) is 5.36. The minimum Gasteiger partial charge on any atom is -0.478 e. The number of aromatic nitrogens is 2. The number of rotatable bonds is 3. The van der Waals surface area contributed by atoms with Crippen LogP contribution in [0.4, 0.5) is 0 Å². The normalized spacial score (nSPS) is 11.7. The molecule has 3 rings (SSSR count). The average Bonchev–Trinajstić information content (AvgIpc) is 2.96. The molecule has 0 spiro atoms. The largest absolute Gasteiger partial charge is 0.478 e. The van der Waals surface area contributed by atoms with E-state index in [1.165, 1.54) is 18.3 Å². The topological polar surface area (TPSA) is 100 Å². The first-order valence-electron chi connectivity index (χ1n) is 6.54. The van der Waals surface area contributed by atoms with E-state index >= 15 is 0 Å². The number of H-pyrrole nitrogens is 1. The summed E-state index contributed by atoms with van der Waals surface area (Å²) in [5, 5.41) is 9.02. The minimum atomic E-state index is -4.12. The van der Waals surface area contributed by atoms with Gasteiger partial charge in [-0.15, -0.1) is 0 Å². The summed E-state index contributed by atoms with van der Waals surface area (Å²) in [5.74, 6) is -1.45. The molecule has 6 nitrogen and oxygen atoms in total. The van der Waals surface area contributed by atoms with Gasteiger partial charge in [-0.1, -0.05) is 29.3 Å². The van der Waals surface area contributed by atoms with Gasteiger partial charge >= 0.3 is 5.97 Å². The molecule has 0 bridgehead atoms. The molecule has 0 saturated heterocycles. The van der Waals surface area contributed by atoms with Gasteiger partial charge in [0.15, 0.2) is 5.03 Å². The van der Waals surface area contributed by atoms with Gasteiger partial charge in [-0.3, -0.25) is 0 Å². The van der Waals surface area contributed by atoms with Crippen molar-refractivity contribution in [1.82, 2.24) is 9.97 Å². The molecule has 3 aromatic rings. The Kier molecular flexibility index (Phi) is 3.62. The van der Waals surface area contributed by atoms with Crippen molar-refractivity contribution in [3.05, 3.63) is 52.7 Å². The molecule has 0 aliphatic rings. The van der Waals surface area contributed by atoms with Gasteiger partial charge < -0.3 is 10.1 Å². The highest BCUT2D eigenvalue weighted by atomic mass is 35.5. The summed E-state index contributed by atoms with van der Waals surface area (Å²) in [6.45, 7) is 1.82. The van der Waals surface area contributed by atoms with Crippen LogP contribution in [0.1, 0.15) is 15.9 Å². The number of fused-ring (bicyclic) bond motifs is 1. The summed E-state index contributed by atoms with van der Waals surface area (Å²) in [7, 11) is -4.12. The van der Waals surface area contributed by atoms with Crippen molar-refractivity contribution in [2.75, 3.05) is 0 Å². The van der Waals surface area contributed by atoms with Crippen molar-refractivity contribution >= 4 is 38.4 Å². The summed E-state index contributed by atoms with van der Waals surface area (Å²) in [4.78, 5) is 18.2. The summed E-state index contributed by atoms with van der Waals surface area (Å²) < 4.78 is 25.6. The molecule has 0 unspecified atom stereocenters. The molecule has 2 N–H and O–H groups in total. The Balaban J connectivity index is 2.36. The number of nitrogens with one attached hydrogen (secondary N) is 1. The number of sulfone groups is 1. The molecular weight excluding hydrogens is 340 g/mol. The third kappa shape index (κ3) is 2.47. The van der Waals surface area contributed by atoms with Crippen molar-refractivity contribution in [1.29, 1.82) is 0 Å². The fourth-order valence-electron chi connectivity index (χ4n) is 2.23. The van der Waals surface area contributed by atoms with Crippen molar-refractivity contribution in [2.24, 2.45) is 0 Å². The quantitative estimate of drug-likeness (QED) is 0.756. The van der Waals surface area contributed by atoms with Gasteiger partial charge in [0.25, 0.3) is 0 Å². The summed E-state index contributed by atoms with van der Waals surface area (Å²) >= 11 is 6.10. The number of aryl methyl sites for hydroxylation is 1. The number of carbonyl (C=O) groups is 1. The van der Waals surface area contributed by atoms with Crippen molar-refractivity contribution < 1.29 is 18.3 Å². The summed E-state index contributed by atoms with van der Waals surface area (Å²) in [5.41, 5.74) is 0.568. The highest BCUT2D eigenvalue weighted by molar-refractivity contribution is 7.91. The molecule has 1 aromatic carbocycles. The Morgan fingerprint density at radius 1 is 1.22 bits per heavy atom. The smallest absolute Gasteiger partial charge is 0.340 e. The number of nitrogens with zero attached hydrogens (tertiary/aromatic N) is 1. The number of benzene rings is 1. The highest BCUT2D eigenvalue weighted by Crippen LogP contribution is 2.32. The van der Waals surface area contributed by atoms with Crippen LogP contribution < -0.4 is 0 Å². The summed E-state index contributed by atoms with van der Waals surface area (Å²) in [6, 6.07) is 7.61. The molecule has 0 aliphatic carbocycles. The van der Waals surface area contributed by atoms with Crippen molar-refractivity contribution in [3.63, 3.8) is 0 Å². The highest BCUT2D eigenvalue weighted by Gasteiger charge is 2.30. The van der Waals surface area contributed by atoms with Crippen LogP contribution in [0.25, 0.3) is 11.0 Å². The third-order valence-corrected chi connectivity index (χ3v) is 5.50. The van der Waals surface area contributed by atoms with Gasteiger partial charge in [0, 0.05) is 11.6 Å².